The van der Waals surface area contributed by atoms with E-state index in [4.69, 9.17) is 23.2 Å². The second kappa shape index (κ2) is 6.82. The van der Waals surface area contributed by atoms with Gasteiger partial charge in [0.2, 0.25) is 0 Å². The maximum absolute atomic E-state index is 13.8. The first-order chi connectivity index (χ1) is 8.92. The van der Waals surface area contributed by atoms with E-state index in [1.165, 1.54) is 0 Å². The second-order valence-corrected chi connectivity index (χ2v) is 4.34. The average molecular weight is 308 g/mol. The first-order valence-corrected chi connectivity index (χ1v) is 6.40. The minimum Gasteiger partial charge on any atom is -0.466 e. The summed E-state index contributed by atoms with van der Waals surface area (Å²) in [6.45, 7) is 3.43. The predicted molar refractivity (Wildman–Crippen MR) is 69.2 cm³/mol. The fourth-order valence-corrected chi connectivity index (χ4v) is 2.14. The number of pyridine rings is 1. The summed E-state index contributed by atoms with van der Waals surface area (Å²) in [6.07, 6.45) is -0.305. The molecule has 19 heavy (non-hydrogen) atoms. The Hall–Kier alpha value is -1.20. The second-order valence-electron chi connectivity index (χ2n) is 3.62. The van der Waals surface area contributed by atoms with Crippen molar-refractivity contribution in [2.45, 2.75) is 26.7 Å². The fourth-order valence-electron chi connectivity index (χ4n) is 1.60. The number of esters is 1. The quantitative estimate of drug-likeness (QED) is 0.363. The largest absolute Gasteiger partial charge is 0.466 e. The molecule has 1 heterocycles. The van der Waals surface area contributed by atoms with Gasteiger partial charge in [-0.15, -0.1) is 0 Å². The van der Waals surface area contributed by atoms with Gasteiger partial charge < -0.3 is 4.74 Å². The molecule has 1 rings (SSSR count). The minimum absolute atomic E-state index is 0.0549. The van der Waals surface area contributed by atoms with Gasteiger partial charge in [0.05, 0.1) is 12.2 Å². The molecule has 0 unspecified atom stereocenters. The topological polar surface area (TPSA) is 56.3 Å². The molecule has 7 heteroatoms. The van der Waals surface area contributed by atoms with E-state index in [0.717, 1.165) is 0 Å². The molecule has 0 aliphatic heterocycles. The molecule has 1 aromatic rings. The Bertz CT molecular complexity index is 520. The van der Waals surface area contributed by atoms with Crippen LogP contribution in [0.3, 0.4) is 0 Å². The number of aromatic nitrogens is 1. The molecule has 0 saturated carbocycles. The lowest BCUT2D eigenvalue weighted by Gasteiger charge is -2.10. The van der Waals surface area contributed by atoms with E-state index in [0.29, 0.717) is 0 Å². The first kappa shape index (κ1) is 15.9. The van der Waals surface area contributed by atoms with Crippen molar-refractivity contribution in [3.8, 4) is 0 Å². The predicted octanol–water partition coefficient (Wildman–Crippen LogP) is 3.23. The van der Waals surface area contributed by atoms with E-state index in [1.54, 1.807) is 13.8 Å². The van der Waals surface area contributed by atoms with Crippen molar-refractivity contribution in [2.75, 3.05) is 6.61 Å². The van der Waals surface area contributed by atoms with Gasteiger partial charge in [-0.1, -0.05) is 30.1 Å². The highest BCUT2D eigenvalue weighted by Crippen LogP contribution is 2.27. The van der Waals surface area contributed by atoms with Crippen molar-refractivity contribution in [2.24, 2.45) is 0 Å². The smallest absolute Gasteiger partial charge is 0.313 e. The molecular weight excluding hydrogens is 296 g/mol. The maximum atomic E-state index is 13.8. The number of ketones is 1. The third-order valence-corrected chi connectivity index (χ3v) is 2.92. The number of hydrogen-bond acceptors (Lipinski definition) is 4. The van der Waals surface area contributed by atoms with Gasteiger partial charge >= 0.3 is 5.97 Å². The summed E-state index contributed by atoms with van der Waals surface area (Å²) in [5.74, 6) is -2.12. The van der Waals surface area contributed by atoms with Crippen molar-refractivity contribution >= 4 is 35.0 Å². The van der Waals surface area contributed by atoms with Crippen LogP contribution in [0.2, 0.25) is 10.3 Å². The van der Waals surface area contributed by atoms with Crippen LogP contribution in [0.15, 0.2) is 0 Å². The molecule has 0 aliphatic rings. The van der Waals surface area contributed by atoms with Crippen LogP contribution < -0.4 is 0 Å². The number of carbonyl (C=O) groups excluding carboxylic acids is 2. The first-order valence-electron chi connectivity index (χ1n) is 5.64. The zero-order valence-electron chi connectivity index (χ0n) is 10.4. The molecule has 4 nitrogen and oxygen atoms in total. The van der Waals surface area contributed by atoms with E-state index in [9.17, 15) is 14.0 Å². The number of carbonyl (C=O) groups is 2. The number of nitrogens with zero attached hydrogens (tertiary/aromatic N) is 1. The van der Waals surface area contributed by atoms with Crippen molar-refractivity contribution < 1.29 is 18.7 Å². The van der Waals surface area contributed by atoms with Gasteiger partial charge in [0, 0.05) is 5.56 Å². The molecule has 104 valence electrons. The van der Waals surface area contributed by atoms with Crippen molar-refractivity contribution in [1.29, 1.82) is 0 Å². The lowest BCUT2D eigenvalue weighted by molar-refractivity contribution is -0.141. The molecule has 0 fully saturated rings. The molecule has 0 saturated heterocycles. The highest BCUT2D eigenvalue weighted by molar-refractivity contribution is 6.35. The Morgan fingerprint density at radius 2 is 1.89 bits per heavy atom. The van der Waals surface area contributed by atoms with Crippen LogP contribution in [0.1, 0.15) is 36.2 Å². The van der Waals surface area contributed by atoms with Crippen LogP contribution in [-0.2, 0) is 16.0 Å². The average Bonchev–Trinajstić information content (AvgIpc) is 2.33. The van der Waals surface area contributed by atoms with Crippen molar-refractivity contribution in [3.05, 3.63) is 27.3 Å². The van der Waals surface area contributed by atoms with Gasteiger partial charge in [0.15, 0.2) is 16.8 Å². The summed E-state index contributed by atoms with van der Waals surface area (Å²) >= 11 is 11.4. The zero-order chi connectivity index (χ0) is 14.6. The Labute approximate surface area is 119 Å². The highest BCUT2D eigenvalue weighted by Gasteiger charge is 2.24. The van der Waals surface area contributed by atoms with E-state index in [2.05, 4.69) is 9.72 Å². The van der Waals surface area contributed by atoms with E-state index in [1.807, 2.05) is 0 Å². The van der Waals surface area contributed by atoms with Gasteiger partial charge in [-0.25, -0.2) is 9.37 Å². The number of ether oxygens (including phenoxy) is 1. The Kier molecular flexibility index (Phi) is 5.69. The van der Waals surface area contributed by atoms with Crippen LogP contribution in [0.4, 0.5) is 4.39 Å². The third kappa shape index (κ3) is 3.64. The number of hydrogen-bond donors (Lipinski definition) is 0. The molecule has 0 aromatic carbocycles. The van der Waals surface area contributed by atoms with Crippen molar-refractivity contribution in [1.82, 2.24) is 4.98 Å². The summed E-state index contributed by atoms with van der Waals surface area (Å²) in [4.78, 5) is 26.8. The monoisotopic (exact) mass is 307 g/mol. The van der Waals surface area contributed by atoms with E-state index >= 15 is 0 Å². The molecule has 1 aromatic heterocycles. The lowest BCUT2D eigenvalue weighted by atomic mass is 10.0. The van der Waals surface area contributed by atoms with Gasteiger partial charge in [-0.3, -0.25) is 9.59 Å². The summed E-state index contributed by atoms with van der Waals surface area (Å²) < 4.78 is 18.4. The number of Topliss-reactive ketones (excluding diaryl/α,β-unsaturated/α-hetero) is 1. The summed E-state index contributed by atoms with van der Waals surface area (Å²) in [5.41, 5.74) is -0.0570. The van der Waals surface area contributed by atoms with Crippen LogP contribution in [0.5, 0.6) is 0 Å². The normalized spacial score (nSPS) is 10.4. The Morgan fingerprint density at radius 1 is 1.26 bits per heavy atom. The number of rotatable bonds is 5. The van der Waals surface area contributed by atoms with Crippen LogP contribution in [0.25, 0.3) is 0 Å². The lowest BCUT2D eigenvalue weighted by Crippen LogP contribution is -2.15. The summed E-state index contributed by atoms with van der Waals surface area (Å²) in [6, 6.07) is 0. The van der Waals surface area contributed by atoms with Crippen molar-refractivity contribution in [3.63, 3.8) is 0 Å². The molecule has 0 spiro atoms. The maximum Gasteiger partial charge on any atom is 0.313 e. The minimum atomic E-state index is -0.791. The van der Waals surface area contributed by atoms with Gasteiger partial charge in [-0.05, 0) is 13.3 Å². The van der Waals surface area contributed by atoms with E-state index in [-0.39, 0.29) is 29.3 Å². The van der Waals surface area contributed by atoms with Crippen LogP contribution >= 0.6 is 23.2 Å². The molecule has 0 amide bonds. The standard InChI is InChI=1S/C12H12Cl2FNO3/c1-3-6-9(7(17)5-8(18)19-4-2)11(13)16-12(14)10(6)15/h3-5H2,1-2H3. The molecule has 0 N–H and O–H groups in total. The summed E-state index contributed by atoms with van der Waals surface area (Å²) in [7, 11) is 0. The van der Waals surface area contributed by atoms with Gasteiger partial charge in [0.1, 0.15) is 11.6 Å². The SMILES string of the molecule is CCOC(=O)CC(=O)c1c(Cl)nc(Cl)c(F)c1CC. The fraction of sp³-hybridized carbons (Fsp3) is 0.417. The molecular formula is C12H12Cl2FNO3. The molecule has 0 radical (unpaired) electrons. The third-order valence-electron chi connectivity index (χ3n) is 2.39. The molecule has 0 aliphatic carbocycles. The van der Waals surface area contributed by atoms with Gasteiger partial charge in [0.25, 0.3) is 0 Å². The Morgan fingerprint density at radius 3 is 2.42 bits per heavy atom. The zero-order valence-corrected chi connectivity index (χ0v) is 11.9. The van der Waals surface area contributed by atoms with Gasteiger partial charge in [-0.2, -0.15) is 0 Å². The molecule has 0 atom stereocenters. The summed E-state index contributed by atoms with van der Waals surface area (Å²) in [5, 5.41) is -0.605. The van der Waals surface area contributed by atoms with Crippen LogP contribution in [-0.4, -0.2) is 23.3 Å². The molecule has 0 bridgehead atoms. The number of halogens is 3. The highest BCUT2D eigenvalue weighted by atomic mass is 35.5. The van der Waals surface area contributed by atoms with Crippen LogP contribution in [0, 0.1) is 5.82 Å². The Balaban J connectivity index is 3.16. The van der Waals surface area contributed by atoms with E-state index < -0.39 is 29.1 Å².